The van der Waals surface area contributed by atoms with Gasteiger partial charge in [-0.1, -0.05) is 31.9 Å². The highest BCUT2D eigenvalue weighted by Gasteiger charge is 2.31. The van der Waals surface area contributed by atoms with Crippen molar-refractivity contribution < 1.29 is 13.2 Å². The van der Waals surface area contributed by atoms with E-state index >= 15 is 0 Å². The van der Waals surface area contributed by atoms with Gasteiger partial charge in [-0.2, -0.15) is 0 Å². The van der Waals surface area contributed by atoms with Gasteiger partial charge in [0.2, 0.25) is 0 Å². The second kappa shape index (κ2) is 8.31. The Balaban J connectivity index is 1.45. The summed E-state index contributed by atoms with van der Waals surface area (Å²) in [5, 5.41) is 0. The Morgan fingerprint density at radius 2 is 1.18 bits per heavy atom. The van der Waals surface area contributed by atoms with Crippen LogP contribution < -0.4 is 0 Å². The fourth-order valence-electron chi connectivity index (χ4n) is 5.40. The molecule has 2 aromatic carbocycles. The predicted octanol–water partition coefficient (Wildman–Crippen LogP) is 7.87. The summed E-state index contributed by atoms with van der Waals surface area (Å²) in [7, 11) is 0. The molecule has 3 heteroatoms. The summed E-state index contributed by atoms with van der Waals surface area (Å²) in [4.78, 5) is 0. The van der Waals surface area contributed by atoms with Gasteiger partial charge in [-0.15, -0.1) is 0 Å². The van der Waals surface area contributed by atoms with E-state index in [9.17, 15) is 13.2 Å². The molecule has 0 bridgehead atoms. The van der Waals surface area contributed by atoms with Crippen molar-refractivity contribution in [3.05, 3.63) is 59.4 Å². The quantitative estimate of drug-likeness (QED) is 0.503. The molecule has 0 spiro atoms. The Morgan fingerprint density at radius 3 is 1.71 bits per heavy atom. The minimum absolute atomic E-state index is 0.0613. The van der Waals surface area contributed by atoms with Crippen molar-refractivity contribution in [1.82, 2.24) is 0 Å². The molecule has 2 aliphatic carbocycles. The molecular formula is C25H29F3. The molecule has 0 nitrogen and oxygen atoms in total. The van der Waals surface area contributed by atoms with Crippen LogP contribution in [0.3, 0.4) is 0 Å². The lowest BCUT2D eigenvalue weighted by molar-refractivity contribution is 0.165. The Labute approximate surface area is 166 Å². The van der Waals surface area contributed by atoms with Crippen molar-refractivity contribution in [3.8, 4) is 11.1 Å². The minimum Gasteiger partial charge on any atom is -0.207 e. The fraction of sp³-hybridized carbons (Fsp3) is 0.520. The van der Waals surface area contributed by atoms with Crippen LogP contribution in [0.5, 0.6) is 0 Å². The van der Waals surface area contributed by atoms with Gasteiger partial charge < -0.3 is 0 Å². The maximum atomic E-state index is 14.7. The van der Waals surface area contributed by atoms with Gasteiger partial charge in [-0.25, -0.2) is 13.2 Å². The molecule has 0 heterocycles. The van der Waals surface area contributed by atoms with E-state index in [0.29, 0.717) is 5.56 Å². The lowest BCUT2D eigenvalue weighted by Gasteiger charge is -2.37. The third-order valence-corrected chi connectivity index (χ3v) is 7.17. The molecule has 28 heavy (non-hydrogen) atoms. The molecule has 0 unspecified atom stereocenters. The lowest BCUT2D eigenvalue weighted by Crippen LogP contribution is -2.24. The smallest absolute Gasteiger partial charge is 0.134 e. The van der Waals surface area contributed by atoms with Crippen LogP contribution in [0.2, 0.25) is 0 Å². The van der Waals surface area contributed by atoms with Crippen LogP contribution in [-0.2, 0) is 0 Å². The molecule has 0 N–H and O–H groups in total. The van der Waals surface area contributed by atoms with Gasteiger partial charge in [-0.3, -0.25) is 0 Å². The zero-order chi connectivity index (χ0) is 19.7. The third-order valence-electron chi connectivity index (χ3n) is 7.17. The molecule has 0 radical (unpaired) electrons. The molecule has 2 saturated carbocycles. The van der Waals surface area contributed by atoms with Crippen LogP contribution in [0.4, 0.5) is 13.2 Å². The van der Waals surface area contributed by atoms with Crippen LogP contribution in [0, 0.1) is 35.2 Å². The van der Waals surface area contributed by atoms with E-state index in [2.05, 4.69) is 6.92 Å². The molecule has 0 saturated heterocycles. The summed E-state index contributed by atoms with van der Waals surface area (Å²) in [5.74, 6) is 1.24. The molecule has 0 atom stereocenters. The largest absolute Gasteiger partial charge is 0.207 e. The molecular weight excluding hydrogens is 357 g/mol. The predicted molar refractivity (Wildman–Crippen MR) is 108 cm³/mol. The molecule has 2 aromatic rings. The van der Waals surface area contributed by atoms with Gasteiger partial charge in [0.15, 0.2) is 0 Å². The van der Waals surface area contributed by atoms with E-state index in [1.807, 2.05) is 0 Å². The van der Waals surface area contributed by atoms with Crippen molar-refractivity contribution in [2.24, 2.45) is 17.8 Å². The summed E-state index contributed by atoms with van der Waals surface area (Å²) in [5.41, 5.74) is 1.09. The van der Waals surface area contributed by atoms with Crippen LogP contribution in [0.25, 0.3) is 11.1 Å². The van der Waals surface area contributed by atoms with Crippen LogP contribution in [0.15, 0.2) is 36.4 Å². The van der Waals surface area contributed by atoms with Gasteiger partial charge in [0.25, 0.3) is 0 Å². The molecule has 4 rings (SSSR count). The summed E-state index contributed by atoms with van der Waals surface area (Å²) in [6, 6.07) is 8.30. The van der Waals surface area contributed by atoms with Gasteiger partial charge in [-0.05, 0) is 97.6 Å². The van der Waals surface area contributed by atoms with Gasteiger partial charge in [0.05, 0.1) is 5.56 Å². The first-order valence-electron chi connectivity index (χ1n) is 10.8. The highest BCUT2D eigenvalue weighted by Crippen LogP contribution is 2.44. The van der Waals surface area contributed by atoms with E-state index in [4.69, 9.17) is 0 Å². The Bertz CT molecular complexity index is 772. The Morgan fingerprint density at radius 1 is 0.679 bits per heavy atom. The fourth-order valence-corrected chi connectivity index (χ4v) is 5.40. The minimum atomic E-state index is -0.551. The average Bonchev–Trinajstić information content (AvgIpc) is 2.70. The van der Waals surface area contributed by atoms with Crippen LogP contribution in [-0.4, -0.2) is 0 Å². The first kappa shape index (κ1) is 19.5. The number of hydrogen-bond donors (Lipinski definition) is 0. The Hall–Kier alpha value is -1.77. The second-order valence-corrected chi connectivity index (χ2v) is 9.00. The zero-order valence-electron chi connectivity index (χ0n) is 16.6. The monoisotopic (exact) mass is 386 g/mol. The first-order chi connectivity index (χ1) is 13.5. The molecule has 2 aliphatic rings. The molecule has 2 fully saturated rings. The van der Waals surface area contributed by atoms with Crippen molar-refractivity contribution >= 4 is 0 Å². The van der Waals surface area contributed by atoms with Gasteiger partial charge in [0.1, 0.15) is 17.5 Å². The highest BCUT2D eigenvalue weighted by molar-refractivity contribution is 5.65. The van der Waals surface area contributed by atoms with Crippen LogP contribution >= 0.6 is 0 Å². The topological polar surface area (TPSA) is 0 Å². The number of hydrogen-bond acceptors (Lipinski definition) is 0. The van der Waals surface area contributed by atoms with E-state index < -0.39 is 17.5 Å². The first-order valence-corrected chi connectivity index (χ1v) is 10.8. The molecule has 0 aromatic heterocycles. The SMILES string of the molecule is CC1CCC(C2CCC(c3cc(F)c(-c4ccc(F)cc4)c(F)c3)CC2)CC1. The molecule has 0 amide bonds. The van der Waals surface area contributed by atoms with Gasteiger partial charge in [0, 0.05) is 0 Å². The number of benzene rings is 2. The maximum Gasteiger partial charge on any atom is 0.134 e. The summed E-state index contributed by atoms with van der Waals surface area (Å²) < 4.78 is 42.6. The van der Waals surface area contributed by atoms with E-state index in [-0.39, 0.29) is 11.5 Å². The molecule has 150 valence electrons. The van der Waals surface area contributed by atoms with Crippen molar-refractivity contribution in [3.63, 3.8) is 0 Å². The Kier molecular flexibility index (Phi) is 5.80. The highest BCUT2D eigenvalue weighted by atomic mass is 19.1. The number of halogens is 3. The maximum absolute atomic E-state index is 14.7. The van der Waals surface area contributed by atoms with Crippen molar-refractivity contribution in [2.45, 2.75) is 64.2 Å². The molecule has 0 aliphatic heterocycles. The van der Waals surface area contributed by atoms with Crippen molar-refractivity contribution in [2.75, 3.05) is 0 Å². The van der Waals surface area contributed by atoms with Gasteiger partial charge >= 0.3 is 0 Å². The number of rotatable bonds is 3. The second-order valence-electron chi connectivity index (χ2n) is 9.00. The van der Waals surface area contributed by atoms with Crippen LogP contribution in [0.1, 0.15) is 69.8 Å². The normalized spacial score (nSPS) is 28.3. The van der Waals surface area contributed by atoms with E-state index in [1.165, 1.54) is 74.9 Å². The van der Waals surface area contributed by atoms with E-state index in [0.717, 1.165) is 36.2 Å². The standard InChI is InChI=1S/C25H29F3/c1-16-2-4-17(5-3-16)18-6-8-19(9-7-18)21-14-23(27)25(24(28)15-21)20-10-12-22(26)13-11-20/h10-19H,2-9H2,1H3. The third kappa shape index (κ3) is 4.14. The summed E-state index contributed by atoms with van der Waals surface area (Å²) >= 11 is 0. The van der Waals surface area contributed by atoms with Crippen molar-refractivity contribution in [1.29, 1.82) is 0 Å². The summed E-state index contributed by atoms with van der Waals surface area (Å²) in [6.07, 6.45) is 9.80. The average molecular weight is 387 g/mol. The van der Waals surface area contributed by atoms with E-state index in [1.54, 1.807) is 0 Å². The summed E-state index contributed by atoms with van der Waals surface area (Å²) in [6.45, 7) is 2.35. The lowest BCUT2D eigenvalue weighted by atomic mass is 9.68. The zero-order valence-corrected chi connectivity index (χ0v) is 16.6.